The number of rotatable bonds is 4. The molecule has 26 heavy (non-hydrogen) atoms. The van der Waals surface area contributed by atoms with Crippen LogP contribution in [0, 0.1) is 23.5 Å². The Balaban J connectivity index is 1.26. The van der Waals surface area contributed by atoms with E-state index in [-0.39, 0.29) is 11.9 Å². The maximum Gasteiger partial charge on any atom is 0.200 e. The van der Waals surface area contributed by atoms with Crippen molar-refractivity contribution in [3.8, 4) is 5.75 Å². The number of aryl methyl sites for hydroxylation is 1. The maximum atomic E-state index is 14.0. The number of fused-ring (bicyclic) bond motifs is 1. The lowest BCUT2D eigenvalue weighted by Gasteiger charge is -2.37. The van der Waals surface area contributed by atoms with Crippen molar-refractivity contribution in [2.45, 2.75) is 82.8 Å². The van der Waals surface area contributed by atoms with Crippen LogP contribution in [-0.4, -0.2) is 18.8 Å². The first-order valence-corrected chi connectivity index (χ1v) is 10.5. The fourth-order valence-electron chi connectivity index (χ4n) is 4.99. The molecular weight excluding hydrogens is 334 g/mol. The van der Waals surface area contributed by atoms with Gasteiger partial charge in [0.2, 0.25) is 5.82 Å². The summed E-state index contributed by atoms with van der Waals surface area (Å²) < 4.78 is 39.7. The van der Waals surface area contributed by atoms with E-state index in [0.717, 1.165) is 56.6 Å². The molecule has 2 aliphatic carbocycles. The van der Waals surface area contributed by atoms with Gasteiger partial charge in [-0.1, -0.05) is 25.3 Å². The van der Waals surface area contributed by atoms with E-state index in [9.17, 15) is 8.78 Å². The van der Waals surface area contributed by atoms with Crippen LogP contribution >= 0.6 is 0 Å². The second-order valence-electron chi connectivity index (χ2n) is 8.42. The molecule has 2 fully saturated rings. The van der Waals surface area contributed by atoms with E-state index in [0.29, 0.717) is 12.0 Å². The summed E-state index contributed by atoms with van der Waals surface area (Å²) in [6, 6.07) is 2.85. The fraction of sp³-hybridized carbons (Fsp3) is 0.727. The minimum absolute atomic E-state index is 0.0121. The summed E-state index contributed by atoms with van der Waals surface area (Å²) in [6.07, 6.45) is 13.1. The third-order valence-electron chi connectivity index (χ3n) is 6.64. The molecule has 1 atom stereocenters. The molecule has 4 heteroatoms. The van der Waals surface area contributed by atoms with E-state index in [2.05, 4.69) is 0 Å². The summed E-state index contributed by atoms with van der Waals surface area (Å²) in [5.74, 6) is -0.296. The Labute approximate surface area is 155 Å². The van der Waals surface area contributed by atoms with Crippen molar-refractivity contribution in [1.29, 1.82) is 0 Å². The van der Waals surface area contributed by atoms with E-state index in [1.807, 2.05) is 0 Å². The molecule has 4 rings (SSSR count). The molecule has 0 amide bonds. The lowest BCUT2D eigenvalue weighted by atomic mass is 9.81. The number of hydrogen-bond acceptors (Lipinski definition) is 2. The van der Waals surface area contributed by atoms with Gasteiger partial charge in [0, 0.05) is 6.61 Å². The number of halogens is 2. The molecule has 144 valence electrons. The second-order valence-corrected chi connectivity index (χ2v) is 8.42. The van der Waals surface area contributed by atoms with Gasteiger partial charge in [-0.25, -0.2) is 4.39 Å². The van der Waals surface area contributed by atoms with Gasteiger partial charge in [-0.3, -0.25) is 0 Å². The smallest absolute Gasteiger partial charge is 0.200 e. The van der Waals surface area contributed by atoms with E-state index >= 15 is 0 Å². The van der Waals surface area contributed by atoms with Crippen molar-refractivity contribution in [1.82, 2.24) is 0 Å². The summed E-state index contributed by atoms with van der Waals surface area (Å²) in [5.41, 5.74) is 0.796. The van der Waals surface area contributed by atoms with Gasteiger partial charge < -0.3 is 9.47 Å². The van der Waals surface area contributed by atoms with Crippen LogP contribution < -0.4 is 4.74 Å². The highest BCUT2D eigenvalue weighted by Crippen LogP contribution is 2.38. The molecule has 0 saturated heterocycles. The monoisotopic (exact) mass is 364 g/mol. The summed E-state index contributed by atoms with van der Waals surface area (Å²) in [7, 11) is 0. The van der Waals surface area contributed by atoms with Gasteiger partial charge in [-0.05, 0) is 74.8 Å². The molecule has 0 N–H and O–H groups in total. The molecule has 2 nitrogen and oxygen atoms in total. The van der Waals surface area contributed by atoms with Crippen LogP contribution in [0.5, 0.6) is 5.75 Å². The largest absolute Gasteiger partial charge is 0.487 e. The molecule has 1 aromatic rings. The third-order valence-corrected chi connectivity index (χ3v) is 6.64. The predicted molar refractivity (Wildman–Crippen MR) is 97.4 cm³/mol. The molecule has 0 spiro atoms. The van der Waals surface area contributed by atoms with Crippen LogP contribution in [0.2, 0.25) is 0 Å². The van der Waals surface area contributed by atoms with Crippen molar-refractivity contribution < 1.29 is 18.3 Å². The average molecular weight is 364 g/mol. The second kappa shape index (κ2) is 8.24. The lowest BCUT2D eigenvalue weighted by molar-refractivity contribution is -0.0219. The molecule has 2 saturated carbocycles. The first kappa shape index (κ1) is 18.2. The van der Waals surface area contributed by atoms with Crippen molar-refractivity contribution in [3.05, 3.63) is 29.3 Å². The zero-order valence-electron chi connectivity index (χ0n) is 15.5. The summed E-state index contributed by atoms with van der Waals surface area (Å²) >= 11 is 0. The molecule has 1 heterocycles. The predicted octanol–water partition coefficient (Wildman–Crippen LogP) is 5.81. The fourth-order valence-corrected chi connectivity index (χ4v) is 4.99. The van der Waals surface area contributed by atoms with Crippen LogP contribution in [0.4, 0.5) is 8.78 Å². The summed E-state index contributed by atoms with van der Waals surface area (Å²) in [5, 5.41) is 0. The van der Waals surface area contributed by atoms with Gasteiger partial charge in [0.1, 0.15) is 6.10 Å². The SMILES string of the molecule is Fc1ccc2c(c1F)OC(C1CCC(OCC3CCCCC3)CC1)CC2. The van der Waals surface area contributed by atoms with Gasteiger partial charge in [0.25, 0.3) is 0 Å². The van der Waals surface area contributed by atoms with E-state index in [1.54, 1.807) is 6.07 Å². The van der Waals surface area contributed by atoms with Crippen molar-refractivity contribution in [3.63, 3.8) is 0 Å². The highest BCUT2D eigenvalue weighted by atomic mass is 19.2. The van der Waals surface area contributed by atoms with Crippen molar-refractivity contribution in [2.24, 2.45) is 11.8 Å². The zero-order chi connectivity index (χ0) is 17.9. The quantitative estimate of drug-likeness (QED) is 0.671. The average Bonchev–Trinajstić information content (AvgIpc) is 2.70. The Bertz CT molecular complexity index is 604. The topological polar surface area (TPSA) is 18.5 Å². The van der Waals surface area contributed by atoms with Crippen LogP contribution in [0.15, 0.2) is 12.1 Å². The van der Waals surface area contributed by atoms with Crippen LogP contribution in [0.25, 0.3) is 0 Å². The van der Waals surface area contributed by atoms with Gasteiger partial charge in [0.05, 0.1) is 6.10 Å². The van der Waals surface area contributed by atoms with Crippen molar-refractivity contribution in [2.75, 3.05) is 6.61 Å². The molecular formula is C22H30F2O2. The van der Waals surface area contributed by atoms with Gasteiger partial charge in [0.15, 0.2) is 11.6 Å². The van der Waals surface area contributed by atoms with Crippen LogP contribution in [0.1, 0.15) is 69.8 Å². The van der Waals surface area contributed by atoms with Crippen LogP contribution in [-0.2, 0) is 11.2 Å². The first-order valence-electron chi connectivity index (χ1n) is 10.5. The van der Waals surface area contributed by atoms with E-state index in [4.69, 9.17) is 9.47 Å². The minimum atomic E-state index is -0.822. The highest BCUT2D eigenvalue weighted by Gasteiger charge is 2.33. The Kier molecular flexibility index (Phi) is 5.78. The Morgan fingerprint density at radius 2 is 1.69 bits per heavy atom. The Morgan fingerprint density at radius 1 is 0.923 bits per heavy atom. The molecule has 1 unspecified atom stereocenters. The molecule has 0 aromatic heterocycles. The van der Waals surface area contributed by atoms with E-state index in [1.165, 1.54) is 38.2 Å². The Hall–Kier alpha value is -1.16. The third kappa shape index (κ3) is 4.05. The molecule has 0 bridgehead atoms. The Morgan fingerprint density at radius 3 is 2.46 bits per heavy atom. The number of ether oxygens (including phenoxy) is 2. The van der Waals surface area contributed by atoms with Crippen LogP contribution in [0.3, 0.4) is 0 Å². The summed E-state index contributed by atoms with van der Waals surface area (Å²) in [4.78, 5) is 0. The summed E-state index contributed by atoms with van der Waals surface area (Å²) in [6.45, 7) is 0.924. The first-order chi connectivity index (χ1) is 12.7. The molecule has 0 radical (unpaired) electrons. The van der Waals surface area contributed by atoms with Gasteiger partial charge in [-0.2, -0.15) is 4.39 Å². The van der Waals surface area contributed by atoms with Crippen molar-refractivity contribution >= 4 is 0 Å². The van der Waals surface area contributed by atoms with E-state index < -0.39 is 11.6 Å². The molecule has 1 aliphatic heterocycles. The normalized spacial score (nSPS) is 29.8. The number of benzene rings is 1. The zero-order valence-corrected chi connectivity index (χ0v) is 15.5. The molecule has 1 aromatic carbocycles. The standard InChI is InChI=1S/C22H30F2O2/c23-19-12-8-17-9-13-20(26-22(17)21(19)24)16-6-10-18(11-7-16)25-14-15-4-2-1-3-5-15/h8,12,15-16,18,20H,1-7,9-11,13-14H2. The highest BCUT2D eigenvalue weighted by molar-refractivity contribution is 5.37. The number of hydrogen-bond donors (Lipinski definition) is 0. The van der Waals surface area contributed by atoms with Gasteiger partial charge in [-0.15, -0.1) is 0 Å². The maximum absolute atomic E-state index is 14.0. The minimum Gasteiger partial charge on any atom is -0.487 e. The molecule has 3 aliphatic rings. The van der Waals surface area contributed by atoms with Gasteiger partial charge >= 0.3 is 0 Å². The lowest BCUT2D eigenvalue weighted by Crippen LogP contribution is -2.35.